The second kappa shape index (κ2) is 7.97. The molecule has 0 unspecified atom stereocenters. The standard InChI is InChI=1S/C21H26O4S/c1-4-24-12-14-6-5-7-15(10-14)13-25-19(22)18-17(21(18,2)3)11-16-8-9-26-20(16)23/h5-7,10-11,17-18H,4,8-9,12-13H2,1-3H3/b16-11+/t17-,18-/m0/s1. The van der Waals surface area contributed by atoms with Gasteiger partial charge in [-0.1, -0.05) is 56.0 Å². The number of esters is 1. The van der Waals surface area contributed by atoms with Gasteiger partial charge in [0.25, 0.3) is 0 Å². The van der Waals surface area contributed by atoms with Gasteiger partial charge in [-0.05, 0) is 35.8 Å². The minimum absolute atomic E-state index is 0.0944. The first kappa shape index (κ1) is 19.2. The fraction of sp³-hybridized carbons (Fsp3) is 0.524. The van der Waals surface area contributed by atoms with Gasteiger partial charge in [-0.2, -0.15) is 0 Å². The Bertz CT molecular complexity index is 722. The fourth-order valence-corrected chi connectivity index (χ4v) is 4.39. The molecule has 1 aromatic carbocycles. The molecule has 0 bridgehead atoms. The van der Waals surface area contributed by atoms with Crippen LogP contribution in [0.25, 0.3) is 0 Å². The smallest absolute Gasteiger partial charge is 0.310 e. The Hall–Kier alpha value is -1.59. The SMILES string of the molecule is CCOCc1cccc(COC(=O)[C@@H]2[C@H](/C=C3\CCSC3=O)C2(C)C)c1. The Morgan fingerprint density at radius 3 is 2.69 bits per heavy atom. The molecule has 0 amide bonds. The van der Waals surface area contributed by atoms with Crippen molar-refractivity contribution in [1.29, 1.82) is 0 Å². The molecule has 4 nitrogen and oxygen atoms in total. The number of benzene rings is 1. The molecule has 3 rings (SSSR count). The van der Waals surface area contributed by atoms with Crippen LogP contribution in [0.5, 0.6) is 0 Å². The van der Waals surface area contributed by atoms with E-state index in [9.17, 15) is 9.59 Å². The van der Waals surface area contributed by atoms with Crippen molar-refractivity contribution in [3.8, 4) is 0 Å². The average Bonchev–Trinajstić information content (AvgIpc) is 2.93. The number of rotatable bonds is 7. The fourth-order valence-electron chi connectivity index (χ4n) is 3.53. The van der Waals surface area contributed by atoms with Crippen LogP contribution in [0.15, 0.2) is 35.9 Å². The van der Waals surface area contributed by atoms with Gasteiger partial charge in [0.15, 0.2) is 0 Å². The van der Waals surface area contributed by atoms with E-state index < -0.39 is 0 Å². The van der Waals surface area contributed by atoms with Crippen molar-refractivity contribution in [2.24, 2.45) is 17.3 Å². The van der Waals surface area contributed by atoms with E-state index in [0.29, 0.717) is 13.2 Å². The molecule has 1 aromatic rings. The molecule has 1 saturated heterocycles. The van der Waals surface area contributed by atoms with E-state index in [1.807, 2.05) is 37.3 Å². The molecule has 2 fully saturated rings. The summed E-state index contributed by atoms with van der Waals surface area (Å²) in [5, 5.41) is 0.158. The molecule has 2 atom stereocenters. The maximum atomic E-state index is 12.6. The molecule has 5 heteroatoms. The summed E-state index contributed by atoms with van der Waals surface area (Å²) in [6, 6.07) is 7.92. The zero-order valence-corrected chi connectivity index (χ0v) is 16.4. The summed E-state index contributed by atoms with van der Waals surface area (Å²) in [7, 11) is 0. The number of carbonyl (C=O) groups is 2. The maximum absolute atomic E-state index is 12.6. The van der Waals surface area contributed by atoms with Gasteiger partial charge >= 0.3 is 5.97 Å². The number of carbonyl (C=O) groups excluding carboxylic acids is 2. The topological polar surface area (TPSA) is 52.6 Å². The van der Waals surface area contributed by atoms with Gasteiger partial charge in [0.2, 0.25) is 5.12 Å². The normalized spacial score (nSPS) is 25.5. The number of allylic oxidation sites excluding steroid dienone is 1. The van der Waals surface area contributed by atoms with E-state index in [2.05, 4.69) is 13.8 Å². The van der Waals surface area contributed by atoms with Crippen LogP contribution in [-0.2, 0) is 32.3 Å². The van der Waals surface area contributed by atoms with Crippen LogP contribution in [0.2, 0.25) is 0 Å². The molecule has 26 heavy (non-hydrogen) atoms. The third-order valence-electron chi connectivity index (χ3n) is 5.26. The summed E-state index contributed by atoms with van der Waals surface area (Å²) in [4.78, 5) is 24.4. The third-order valence-corrected chi connectivity index (χ3v) is 6.19. The van der Waals surface area contributed by atoms with Crippen molar-refractivity contribution in [2.75, 3.05) is 12.4 Å². The predicted molar refractivity (Wildman–Crippen MR) is 102 cm³/mol. The van der Waals surface area contributed by atoms with E-state index in [0.717, 1.165) is 28.9 Å². The Morgan fingerprint density at radius 2 is 2.04 bits per heavy atom. The summed E-state index contributed by atoms with van der Waals surface area (Å²) in [5.74, 6) is 0.604. The molecule has 1 aliphatic carbocycles. The molecule has 1 saturated carbocycles. The highest BCUT2D eigenvalue weighted by atomic mass is 32.2. The lowest BCUT2D eigenvalue weighted by Crippen LogP contribution is -2.10. The molecule has 0 N–H and O–H groups in total. The van der Waals surface area contributed by atoms with Crippen LogP contribution in [0.1, 0.15) is 38.3 Å². The van der Waals surface area contributed by atoms with Crippen LogP contribution < -0.4 is 0 Å². The van der Waals surface area contributed by atoms with Gasteiger partial charge in [0.1, 0.15) is 6.61 Å². The molecule has 1 aliphatic heterocycles. The van der Waals surface area contributed by atoms with Crippen molar-refractivity contribution in [3.05, 3.63) is 47.0 Å². The van der Waals surface area contributed by atoms with Gasteiger partial charge in [-0.25, -0.2) is 0 Å². The first-order valence-electron chi connectivity index (χ1n) is 9.13. The third kappa shape index (κ3) is 4.21. The van der Waals surface area contributed by atoms with Crippen molar-refractivity contribution in [1.82, 2.24) is 0 Å². The second-order valence-corrected chi connectivity index (χ2v) is 8.54. The highest BCUT2D eigenvalue weighted by molar-refractivity contribution is 8.14. The molecular formula is C21H26O4S. The molecule has 0 aromatic heterocycles. The maximum Gasteiger partial charge on any atom is 0.310 e. The van der Waals surface area contributed by atoms with E-state index in [1.54, 1.807) is 0 Å². The lowest BCUT2D eigenvalue weighted by Gasteiger charge is -2.08. The number of ether oxygens (including phenoxy) is 2. The van der Waals surface area contributed by atoms with Gasteiger partial charge in [0, 0.05) is 17.9 Å². The minimum atomic E-state index is -0.176. The molecule has 0 radical (unpaired) electrons. The number of hydrogen-bond acceptors (Lipinski definition) is 5. The summed E-state index contributed by atoms with van der Waals surface area (Å²) < 4.78 is 11.0. The van der Waals surface area contributed by atoms with Gasteiger partial charge in [0.05, 0.1) is 12.5 Å². The largest absolute Gasteiger partial charge is 0.461 e. The minimum Gasteiger partial charge on any atom is -0.461 e. The van der Waals surface area contributed by atoms with E-state index in [1.165, 1.54) is 11.8 Å². The second-order valence-electron chi connectivity index (χ2n) is 7.47. The summed E-state index contributed by atoms with van der Waals surface area (Å²) >= 11 is 1.37. The Balaban J connectivity index is 1.57. The number of thioether (sulfide) groups is 1. The Morgan fingerprint density at radius 1 is 1.31 bits per heavy atom. The van der Waals surface area contributed by atoms with Crippen LogP contribution in [0, 0.1) is 17.3 Å². The van der Waals surface area contributed by atoms with Gasteiger partial charge in [-0.3, -0.25) is 9.59 Å². The Kier molecular flexibility index (Phi) is 5.88. The molecule has 1 heterocycles. The van der Waals surface area contributed by atoms with Crippen LogP contribution in [0.4, 0.5) is 0 Å². The summed E-state index contributed by atoms with van der Waals surface area (Å²) in [6.07, 6.45) is 2.82. The highest BCUT2D eigenvalue weighted by Crippen LogP contribution is 2.60. The lowest BCUT2D eigenvalue weighted by molar-refractivity contribution is -0.147. The summed E-state index contributed by atoms with van der Waals surface area (Å²) in [5.41, 5.74) is 2.76. The van der Waals surface area contributed by atoms with E-state index in [4.69, 9.17) is 9.47 Å². The zero-order chi connectivity index (χ0) is 18.7. The van der Waals surface area contributed by atoms with Crippen molar-refractivity contribution in [2.45, 2.75) is 40.4 Å². The van der Waals surface area contributed by atoms with Crippen LogP contribution >= 0.6 is 11.8 Å². The lowest BCUT2D eigenvalue weighted by atomic mass is 10.1. The number of hydrogen-bond donors (Lipinski definition) is 0. The van der Waals surface area contributed by atoms with Crippen LogP contribution in [0.3, 0.4) is 0 Å². The summed E-state index contributed by atoms with van der Waals surface area (Å²) in [6.45, 7) is 7.60. The van der Waals surface area contributed by atoms with E-state index >= 15 is 0 Å². The van der Waals surface area contributed by atoms with Crippen molar-refractivity contribution < 1.29 is 19.1 Å². The molecular weight excluding hydrogens is 348 g/mol. The monoisotopic (exact) mass is 374 g/mol. The predicted octanol–water partition coefficient (Wildman–Crippen LogP) is 4.13. The average molecular weight is 375 g/mol. The quantitative estimate of drug-likeness (QED) is 0.531. The van der Waals surface area contributed by atoms with Crippen molar-refractivity contribution in [3.63, 3.8) is 0 Å². The van der Waals surface area contributed by atoms with E-state index in [-0.39, 0.29) is 34.9 Å². The Labute approximate surface area is 159 Å². The first-order chi connectivity index (χ1) is 12.4. The van der Waals surface area contributed by atoms with Crippen molar-refractivity contribution >= 4 is 22.8 Å². The first-order valence-corrected chi connectivity index (χ1v) is 10.1. The van der Waals surface area contributed by atoms with Gasteiger partial charge < -0.3 is 9.47 Å². The highest BCUT2D eigenvalue weighted by Gasteiger charge is 2.61. The molecule has 2 aliphatic rings. The van der Waals surface area contributed by atoms with Crippen LogP contribution in [-0.4, -0.2) is 23.4 Å². The molecule has 140 valence electrons. The van der Waals surface area contributed by atoms with Gasteiger partial charge in [-0.15, -0.1) is 0 Å². The zero-order valence-electron chi connectivity index (χ0n) is 15.6. The molecule has 0 spiro atoms.